The smallest absolute Gasteiger partial charge is 0.313 e. The number of hydrogen-bond acceptors (Lipinski definition) is 3. The molecule has 0 aromatic heterocycles. The van der Waals surface area contributed by atoms with Crippen molar-refractivity contribution in [1.82, 2.24) is 5.32 Å². The molecular formula is C21H33N3O2. The summed E-state index contributed by atoms with van der Waals surface area (Å²) in [6.07, 6.45) is 13.1. The number of nitrogens with one attached hydrogen (secondary N) is 2. The Kier molecular flexibility index (Phi) is 8.45. The second-order valence-electron chi connectivity index (χ2n) is 7.47. The molecule has 5 heteroatoms. The van der Waals surface area contributed by atoms with E-state index in [4.69, 9.17) is 5.73 Å². The molecule has 2 amide bonds. The number of benzene rings is 1. The van der Waals surface area contributed by atoms with Crippen LogP contribution in [0.15, 0.2) is 18.2 Å². The summed E-state index contributed by atoms with van der Waals surface area (Å²) in [5, 5.41) is 5.55. The van der Waals surface area contributed by atoms with Gasteiger partial charge in [-0.2, -0.15) is 0 Å². The molecule has 1 aliphatic carbocycles. The van der Waals surface area contributed by atoms with Crippen LogP contribution in [0.4, 0.5) is 11.4 Å². The molecule has 0 radical (unpaired) electrons. The largest absolute Gasteiger partial charge is 0.397 e. The van der Waals surface area contributed by atoms with Crippen LogP contribution < -0.4 is 16.4 Å². The summed E-state index contributed by atoms with van der Waals surface area (Å²) in [4.78, 5) is 24.5. The zero-order chi connectivity index (χ0) is 18.8. The third-order valence-electron chi connectivity index (χ3n) is 5.10. The highest BCUT2D eigenvalue weighted by Gasteiger charge is 2.19. The van der Waals surface area contributed by atoms with E-state index in [-0.39, 0.29) is 6.04 Å². The number of nitrogen functional groups attached to an aromatic ring is 1. The Labute approximate surface area is 157 Å². The van der Waals surface area contributed by atoms with Gasteiger partial charge < -0.3 is 16.4 Å². The number of aryl methyl sites for hydroxylation is 1. The molecule has 0 unspecified atom stereocenters. The van der Waals surface area contributed by atoms with Crippen LogP contribution in [0, 0.1) is 6.92 Å². The SMILES string of the molecule is Cc1ccc(NC(=O)C(=O)NC2CCCCCCCCCCC2)c(N)c1. The molecule has 0 spiro atoms. The monoisotopic (exact) mass is 359 g/mol. The van der Waals surface area contributed by atoms with Crippen LogP contribution in [0.3, 0.4) is 0 Å². The molecule has 1 aromatic carbocycles. The third-order valence-corrected chi connectivity index (χ3v) is 5.10. The van der Waals surface area contributed by atoms with Crippen LogP contribution in [-0.2, 0) is 9.59 Å². The Morgan fingerprint density at radius 3 is 1.96 bits per heavy atom. The molecule has 4 N–H and O–H groups in total. The first-order valence-electron chi connectivity index (χ1n) is 10.0. The van der Waals surface area contributed by atoms with Crippen LogP contribution in [0.1, 0.15) is 76.2 Å². The lowest BCUT2D eigenvalue weighted by Crippen LogP contribution is -2.42. The second-order valence-corrected chi connectivity index (χ2v) is 7.47. The fourth-order valence-electron chi connectivity index (χ4n) is 3.53. The van der Waals surface area contributed by atoms with Crippen molar-refractivity contribution in [2.45, 2.75) is 83.6 Å². The van der Waals surface area contributed by atoms with Gasteiger partial charge in [0.15, 0.2) is 0 Å². The molecule has 1 aromatic rings. The molecule has 0 bridgehead atoms. The maximum absolute atomic E-state index is 12.3. The van der Waals surface area contributed by atoms with E-state index in [0.717, 1.165) is 31.2 Å². The normalized spacial score (nSPS) is 17.6. The minimum atomic E-state index is -0.647. The lowest BCUT2D eigenvalue weighted by atomic mass is 9.98. The molecular weight excluding hydrogens is 326 g/mol. The van der Waals surface area contributed by atoms with Gasteiger partial charge >= 0.3 is 11.8 Å². The lowest BCUT2D eigenvalue weighted by molar-refractivity contribution is -0.136. The second kappa shape index (κ2) is 10.8. The summed E-state index contributed by atoms with van der Waals surface area (Å²) in [5.41, 5.74) is 7.87. The average molecular weight is 360 g/mol. The summed E-state index contributed by atoms with van der Waals surface area (Å²) >= 11 is 0. The van der Waals surface area contributed by atoms with E-state index in [1.165, 1.54) is 44.9 Å². The van der Waals surface area contributed by atoms with Gasteiger partial charge in [-0.05, 0) is 37.5 Å². The molecule has 144 valence electrons. The molecule has 0 atom stereocenters. The average Bonchev–Trinajstić information content (AvgIpc) is 2.59. The van der Waals surface area contributed by atoms with Crippen molar-refractivity contribution in [1.29, 1.82) is 0 Å². The van der Waals surface area contributed by atoms with Gasteiger partial charge in [0, 0.05) is 6.04 Å². The molecule has 0 heterocycles. The molecule has 0 aliphatic heterocycles. The summed E-state index contributed by atoms with van der Waals surface area (Å²) in [6, 6.07) is 5.45. The summed E-state index contributed by atoms with van der Waals surface area (Å²) in [5.74, 6) is -1.21. The maximum Gasteiger partial charge on any atom is 0.313 e. The molecule has 5 nitrogen and oxygen atoms in total. The highest BCUT2D eigenvalue weighted by molar-refractivity contribution is 6.40. The van der Waals surface area contributed by atoms with Crippen molar-refractivity contribution in [2.24, 2.45) is 0 Å². The molecule has 1 saturated carbocycles. The number of rotatable bonds is 2. The Morgan fingerprint density at radius 2 is 1.42 bits per heavy atom. The van der Waals surface area contributed by atoms with E-state index in [9.17, 15) is 9.59 Å². The van der Waals surface area contributed by atoms with E-state index < -0.39 is 11.8 Å². The molecule has 0 saturated heterocycles. The lowest BCUT2D eigenvalue weighted by Gasteiger charge is -2.19. The third kappa shape index (κ3) is 7.06. The van der Waals surface area contributed by atoms with E-state index in [2.05, 4.69) is 10.6 Å². The zero-order valence-electron chi connectivity index (χ0n) is 16.0. The predicted molar refractivity (Wildman–Crippen MR) is 107 cm³/mol. The molecule has 2 rings (SSSR count). The van der Waals surface area contributed by atoms with Crippen molar-refractivity contribution in [3.63, 3.8) is 0 Å². The van der Waals surface area contributed by atoms with Crippen LogP contribution in [0.2, 0.25) is 0 Å². The number of hydrogen-bond donors (Lipinski definition) is 3. The number of anilines is 2. The zero-order valence-corrected chi connectivity index (χ0v) is 16.0. The van der Waals surface area contributed by atoms with Crippen molar-refractivity contribution in [3.05, 3.63) is 23.8 Å². The molecule has 1 aliphatic rings. The van der Waals surface area contributed by atoms with Gasteiger partial charge in [-0.1, -0.05) is 63.9 Å². The topological polar surface area (TPSA) is 84.2 Å². The van der Waals surface area contributed by atoms with Gasteiger partial charge in [-0.15, -0.1) is 0 Å². The Balaban J connectivity index is 1.86. The van der Waals surface area contributed by atoms with E-state index >= 15 is 0 Å². The summed E-state index contributed by atoms with van der Waals surface area (Å²) in [7, 11) is 0. The Hall–Kier alpha value is -2.04. The van der Waals surface area contributed by atoms with Crippen molar-refractivity contribution in [3.8, 4) is 0 Å². The summed E-state index contributed by atoms with van der Waals surface area (Å²) in [6.45, 7) is 1.93. The maximum atomic E-state index is 12.3. The first kappa shape index (κ1) is 20.3. The van der Waals surface area contributed by atoms with Crippen LogP contribution in [0.5, 0.6) is 0 Å². The predicted octanol–water partition coefficient (Wildman–Crippen LogP) is 4.31. The molecule has 26 heavy (non-hydrogen) atoms. The number of carbonyl (C=O) groups is 2. The van der Waals surface area contributed by atoms with Crippen molar-refractivity contribution < 1.29 is 9.59 Å². The van der Waals surface area contributed by atoms with E-state index in [1.807, 2.05) is 13.0 Å². The fourth-order valence-corrected chi connectivity index (χ4v) is 3.53. The Morgan fingerprint density at radius 1 is 0.885 bits per heavy atom. The standard InChI is InChI=1S/C21H33N3O2/c1-16-13-14-19(18(22)15-16)24-21(26)20(25)23-17-11-9-7-5-3-2-4-6-8-10-12-17/h13-15,17H,2-12,22H2,1H3,(H,23,25)(H,24,26). The minimum absolute atomic E-state index is 0.0861. The number of carbonyl (C=O) groups excluding carboxylic acids is 2. The Bertz CT molecular complexity index is 589. The van der Waals surface area contributed by atoms with Crippen LogP contribution in [-0.4, -0.2) is 17.9 Å². The van der Waals surface area contributed by atoms with Crippen molar-refractivity contribution >= 4 is 23.2 Å². The fraction of sp³-hybridized carbons (Fsp3) is 0.619. The van der Waals surface area contributed by atoms with Gasteiger partial charge in [0.2, 0.25) is 0 Å². The van der Waals surface area contributed by atoms with Gasteiger partial charge in [0.05, 0.1) is 11.4 Å². The quantitative estimate of drug-likeness (QED) is 0.543. The molecule has 1 fully saturated rings. The first-order chi connectivity index (χ1) is 12.6. The summed E-state index contributed by atoms with van der Waals surface area (Å²) < 4.78 is 0. The van der Waals surface area contributed by atoms with Gasteiger partial charge in [-0.25, -0.2) is 0 Å². The highest BCUT2D eigenvalue weighted by Crippen LogP contribution is 2.20. The number of amides is 2. The van der Waals surface area contributed by atoms with Gasteiger partial charge in [-0.3, -0.25) is 9.59 Å². The first-order valence-corrected chi connectivity index (χ1v) is 10.0. The van der Waals surface area contributed by atoms with E-state index in [0.29, 0.717) is 11.4 Å². The highest BCUT2D eigenvalue weighted by atomic mass is 16.2. The minimum Gasteiger partial charge on any atom is -0.397 e. The van der Waals surface area contributed by atoms with Gasteiger partial charge in [0.1, 0.15) is 0 Å². The van der Waals surface area contributed by atoms with Crippen LogP contribution >= 0.6 is 0 Å². The number of nitrogens with two attached hydrogens (primary N) is 1. The van der Waals surface area contributed by atoms with Crippen LogP contribution in [0.25, 0.3) is 0 Å². The van der Waals surface area contributed by atoms with E-state index in [1.54, 1.807) is 12.1 Å². The van der Waals surface area contributed by atoms with Gasteiger partial charge in [0.25, 0.3) is 0 Å². The van der Waals surface area contributed by atoms with Crippen molar-refractivity contribution in [2.75, 3.05) is 11.1 Å².